The van der Waals surface area contributed by atoms with E-state index < -0.39 is 10.0 Å². The molecule has 154 valence electrons. The fourth-order valence-corrected chi connectivity index (χ4v) is 5.00. The second-order valence-corrected chi connectivity index (χ2v) is 9.16. The molecule has 0 radical (unpaired) electrons. The van der Waals surface area contributed by atoms with Crippen LogP contribution in [0.5, 0.6) is 0 Å². The monoisotopic (exact) mass is 437 g/mol. The Morgan fingerprint density at radius 2 is 1.50 bits per heavy atom. The molecule has 0 N–H and O–H groups in total. The molecule has 3 rings (SSSR count). The number of benzene rings is 3. The molecular weight excluding hydrogens is 414 g/mol. The van der Waals surface area contributed by atoms with E-state index in [0.29, 0.717) is 12.0 Å². The van der Waals surface area contributed by atoms with Crippen molar-refractivity contribution in [3.63, 3.8) is 0 Å². The number of sulfonamides is 1. The average Bonchev–Trinajstić information content (AvgIpc) is 2.77. The van der Waals surface area contributed by atoms with Crippen LogP contribution in [0.25, 0.3) is 5.57 Å². The topological polar surface area (TPSA) is 37.4 Å². The maximum atomic E-state index is 13.6. The summed E-state index contributed by atoms with van der Waals surface area (Å²) in [5, 5.41) is 0.172. The Labute approximate surface area is 184 Å². The Morgan fingerprint density at radius 3 is 2.07 bits per heavy atom. The van der Waals surface area contributed by atoms with Crippen molar-refractivity contribution in [2.24, 2.45) is 0 Å². The number of nitrogens with zero attached hydrogens (tertiary/aromatic N) is 1. The lowest BCUT2D eigenvalue weighted by Gasteiger charge is -2.26. The fraction of sp³-hybridized carbons (Fsp3) is 0.120. The Bertz CT molecular complexity index is 1120. The largest absolute Gasteiger partial charge is 0.265 e. The highest BCUT2D eigenvalue weighted by Crippen LogP contribution is 2.33. The van der Waals surface area contributed by atoms with Gasteiger partial charge in [-0.15, -0.1) is 6.58 Å². The van der Waals surface area contributed by atoms with Gasteiger partial charge in [0.25, 0.3) is 10.0 Å². The quantitative estimate of drug-likeness (QED) is 0.303. The molecule has 0 bridgehead atoms. The van der Waals surface area contributed by atoms with Crippen LogP contribution in [0, 0.1) is 6.92 Å². The third-order valence-electron chi connectivity index (χ3n) is 4.72. The SMILES string of the molecule is C=CC/C(=C(\Cl)N(Cc1ccccc1)S(=O)(=O)c1ccc(C)cc1)c1ccccc1. The normalized spacial score (nSPS) is 12.2. The molecule has 0 aliphatic carbocycles. The maximum absolute atomic E-state index is 13.6. The molecule has 0 aromatic heterocycles. The fourth-order valence-electron chi connectivity index (χ4n) is 3.10. The van der Waals surface area contributed by atoms with Crippen LogP contribution >= 0.6 is 11.6 Å². The standard InChI is InChI=1S/C25H24ClNO2S/c1-3-10-24(22-13-8-5-9-14-22)25(26)27(19-21-11-6-4-7-12-21)30(28,29)23-17-15-20(2)16-18-23/h3-9,11-18H,1,10,19H2,2H3/b25-24-. The van der Waals surface area contributed by atoms with Gasteiger partial charge in [0.2, 0.25) is 0 Å². The van der Waals surface area contributed by atoms with Gasteiger partial charge in [-0.1, -0.05) is 96.0 Å². The Kier molecular flexibility index (Phi) is 7.14. The molecule has 0 fully saturated rings. The highest BCUT2D eigenvalue weighted by atomic mass is 35.5. The van der Waals surface area contributed by atoms with E-state index in [1.165, 1.54) is 4.31 Å². The van der Waals surface area contributed by atoms with Crippen LogP contribution in [0.1, 0.15) is 23.1 Å². The summed E-state index contributed by atoms with van der Waals surface area (Å²) < 4.78 is 28.5. The molecule has 0 saturated heterocycles. The van der Waals surface area contributed by atoms with Crippen molar-refractivity contribution >= 4 is 27.2 Å². The third-order valence-corrected chi connectivity index (χ3v) is 7.01. The summed E-state index contributed by atoms with van der Waals surface area (Å²) in [6, 6.07) is 25.8. The number of halogens is 1. The van der Waals surface area contributed by atoms with Crippen molar-refractivity contribution in [3.8, 4) is 0 Å². The molecule has 0 aliphatic heterocycles. The smallest absolute Gasteiger partial charge is 0.251 e. The molecule has 0 atom stereocenters. The zero-order valence-electron chi connectivity index (χ0n) is 16.8. The lowest BCUT2D eigenvalue weighted by atomic mass is 10.0. The van der Waals surface area contributed by atoms with Crippen LogP contribution < -0.4 is 0 Å². The number of allylic oxidation sites excluding steroid dienone is 2. The molecule has 3 aromatic carbocycles. The van der Waals surface area contributed by atoms with Crippen LogP contribution in [0.3, 0.4) is 0 Å². The molecule has 5 heteroatoms. The van der Waals surface area contributed by atoms with Gasteiger partial charge in [-0.2, -0.15) is 0 Å². The van der Waals surface area contributed by atoms with Gasteiger partial charge >= 0.3 is 0 Å². The molecule has 0 saturated carbocycles. The predicted octanol–water partition coefficient (Wildman–Crippen LogP) is 6.37. The van der Waals surface area contributed by atoms with Crippen LogP contribution in [-0.2, 0) is 16.6 Å². The van der Waals surface area contributed by atoms with Crippen LogP contribution in [-0.4, -0.2) is 12.7 Å². The summed E-state index contributed by atoms with van der Waals surface area (Å²) in [5.41, 5.74) is 3.40. The van der Waals surface area contributed by atoms with Gasteiger partial charge in [-0.3, -0.25) is 4.31 Å². The zero-order valence-corrected chi connectivity index (χ0v) is 18.4. The highest BCUT2D eigenvalue weighted by molar-refractivity contribution is 7.89. The summed E-state index contributed by atoms with van der Waals surface area (Å²) in [4.78, 5) is 0.202. The van der Waals surface area contributed by atoms with Crippen molar-refractivity contribution in [1.82, 2.24) is 4.31 Å². The summed E-state index contributed by atoms with van der Waals surface area (Å²) in [6.45, 7) is 5.87. The molecule has 0 unspecified atom stereocenters. The Morgan fingerprint density at radius 1 is 0.933 bits per heavy atom. The van der Waals surface area contributed by atoms with Gasteiger partial charge in [-0.05, 0) is 42.2 Å². The third kappa shape index (κ3) is 5.02. The molecule has 30 heavy (non-hydrogen) atoms. The van der Waals surface area contributed by atoms with E-state index >= 15 is 0 Å². The van der Waals surface area contributed by atoms with E-state index in [4.69, 9.17) is 11.6 Å². The molecule has 0 heterocycles. The number of aryl methyl sites for hydroxylation is 1. The van der Waals surface area contributed by atoms with Crippen molar-refractivity contribution in [1.29, 1.82) is 0 Å². The average molecular weight is 438 g/mol. The number of hydrogen-bond acceptors (Lipinski definition) is 2. The summed E-state index contributed by atoms with van der Waals surface area (Å²) in [5.74, 6) is 0. The molecule has 3 aromatic rings. The molecule has 3 nitrogen and oxygen atoms in total. The molecule has 0 aliphatic rings. The lowest BCUT2D eigenvalue weighted by molar-refractivity contribution is 0.488. The van der Waals surface area contributed by atoms with Gasteiger partial charge in [0.15, 0.2) is 0 Å². The summed E-state index contributed by atoms with van der Waals surface area (Å²) in [6.07, 6.45) is 2.17. The summed E-state index contributed by atoms with van der Waals surface area (Å²) >= 11 is 6.82. The van der Waals surface area contributed by atoms with Crippen molar-refractivity contribution in [3.05, 3.63) is 119 Å². The van der Waals surface area contributed by atoms with E-state index in [0.717, 1.165) is 16.7 Å². The van der Waals surface area contributed by atoms with Gasteiger partial charge in [0.1, 0.15) is 5.16 Å². The maximum Gasteiger partial charge on any atom is 0.265 e. The van der Waals surface area contributed by atoms with E-state index in [1.54, 1.807) is 30.3 Å². The highest BCUT2D eigenvalue weighted by Gasteiger charge is 2.28. The van der Waals surface area contributed by atoms with Gasteiger partial charge < -0.3 is 0 Å². The predicted molar refractivity (Wildman–Crippen MR) is 124 cm³/mol. The van der Waals surface area contributed by atoms with Gasteiger partial charge in [0, 0.05) is 0 Å². The second kappa shape index (κ2) is 9.79. The second-order valence-electron chi connectivity index (χ2n) is 6.94. The van der Waals surface area contributed by atoms with E-state index in [-0.39, 0.29) is 16.6 Å². The summed E-state index contributed by atoms with van der Waals surface area (Å²) in [7, 11) is -3.88. The van der Waals surface area contributed by atoms with Gasteiger partial charge in [-0.25, -0.2) is 8.42 Å². The van der Waals surface area contributed by atoms with E-state index in [2.05, 4.69) is 6.58 Å². The Balaban J connectivity index is 2.17. The minimum atomic E-state index is -3.88. The lowest BCUT2D eigenvalue weighted by Crippen LogP contribution is -2.29. The van der Waals surface area contributed by atoms with Gasteiger partial charge in [0.05, 0.1) is 11.4 Å². The first-order valence-electron chi connectivity index (χ1n) is 9.62. The number of hydrogen-bond donors (Lipinski definition) is 0. The first-order valence-corrected chi connectivity index (χ1v) is 11.4. The minimum Gasteiger partial charge on any atom is -0.251 e. The molecule has 0 spiro atoms. The van der Waals surface area contributed by atoms with Crippen molar-refractivity contribution in [2.75, 3.05) is 0 Å². The van der Waals surface area contributed by atoms with Crippen molar-refractivity contribution in [2.45, 2.75) is 24.8 Å². The first kappa shape index (κ1) is 21.9. The van der Waals surface area contributed by atoms with Crippen molar-refractivity contribution < 1.29 is 8.42 Å². The van der Waals surface area contributed by atoms with E-state index in [9.17, 15) is 8.42 Å². The molecule has 0 amide bonds. The first-order chi connectivity index (χ1) is 14.4. The Hall–Kier alpha value is -2.82. The number of rotatable bonds is 8. The molecular formula is C25H24ClNO2S. The minimum absolute atomic E-state index is 0.128. The van der Waals surface area contributed by atoms with Crippen LogP contribution in [0.2, 0.25) is 0 Å². The van der Waals surface area contributed by atoms with Crippen LogP contribution in [0.4, 0.5) is 0 Å². The zero-order chi connectivity index (χ0) is 21.6. The van der Waals surface area contributed by atoms with Crippen LogP contribution in [0.15, 0.2) is 108 Å². The van der Waals surface area contributed by atoms with E-state index in [1.807, 2.05) is 67.6 Å².